The van der Waals surface area contributed by atoms with E-state index in [4.69, 9.17) is 10.5 Å². The summed E-state index contributed by atoms with van der Waals surface area (Å²) in [5, 5.41) is 2.11. The van der Waals surface area contributed by atoms with Crippen LogP contribution in [0.15, 0.2) is 41.8 Å². The van der Waals surface area contributed by atoms with Crippen molar-refractivity contribution < 1.29 is 4.74 Å². The number of thiophene rings is 1. The molecule has 2 aromatic rings. The van der Waals surface area contributed by atoms with Gasteiger partial charge in [-0.1, -0.05) is 18.2 Å². The Bertz CT molecular complexity index is 488. The van der Waals surface area contributed by atoms with Gasteiger partial charge in [0, 0.05) is 10.6 Å². The third-order valence-electron chi connectivity index (χ3n) is 3.13. The zero-order valence-corrected chi connectivity index (χ0v) is 9.67. The lowest BCUT2D eigenvalue weighted by Gasteiger charge is -2.41. The fourth-order valence-electron chi connectivity index (χ4n) is 2.14. The van der Waals surface area contributed by atoms with E-state index in [1.165, 1.54) is 10.4 Å². The van der Waals surface area contributed by atoms with Crippen molar-refractivity contribution in [3.63, 3.8) is 0 Å². The van der Waals surface area contributed by atoms with Crippen LogP contribution in [-0.4, -0.2) is 13.2 Å². The number of hydrogen-bond acceptors (Lipinski definition) is 3. The molecule has 3 heteroatoms. The van der Waals surface area contributed by atoms with Crippen LogP contribution >= 0.6 is 11.3 Å². The number of nitrogens with two attached hydrogens (primary N) is 1. The summed E-state index contributed by atoms with van der Waals surface area (Å²) in [5.74, 6) is 0. The van der Waals surface area contributed by atoms with Gasteiger partial charge in [-0.15, -0.1) is 11.3 Å². The Balaban J connectivity index is 2.09. The Kier molecular flexibility index (Phi) is 2.23. The summed E-state index contributed by atoms with van der Waals surface area (Å²) < 4.78 is 5.42. The van der Waals surface area contributed by atoms with Crippen LogP contribution < -0.4 is 5.73 Å². The van der Waals surface area contributed by atoms with Crippen molar-refractivity contribution in [2.24, 2.45) is 0 Å². The van der Waals surface area contributed by atoms with Gasteiger partial charge in [0.25, 0.3) is 0 Å². The van der Waals surface area contributed by atoms with Crippen molar-refractivity contribution in [1.82, 2.24) is 0 Å². The van der Waals surface area contributed by atoms with E-state index >= 15 is 0 Å². The standard InChI is InChI=1S/C13H13NOS/c14-11-4-1-3-10(7-11)13(8-15-9-13)12-5-2-6-16-12/h1-7H,8-9,14H2. The number of ether oxygens (including phenoxy) is 1. The first-order valence-electron chi connectivity index (χ1n) is 5.29. The minimum atomic E-state index is 0.0452. The van der Waals surface area contributed by atoms with E-state index < -0.39 is 0 Å². The van der Waals surface area contributed by atoms with Crippen LogP contribution in [0.5, 0.6) is 0 Å². The molecule has 0 radical (unpaired) electrons. The van der Waals surface area contributed by atoms with Crippen LogP contribution in [0.25, 0.3) is 0 Å². The van der Waals surface area contributed by atoms with Crippen molar-refractivity contribution in [2.45, 2.75) is 5.41 Å². The van der Waals surface area contributed by atoms with Gasteiger partial charge in [0.2, 0.25) is 0 Å². The molecule has 0 amide bonds. The second-order valence-corrected chi connectivity index (χ2v) is 5.13. The molecule has 0 atom stereocenters. The summed E-state index contributed by atoms with van der Waals surface area (Å²) in [7, 11) is 0. The molecule has 2 nitrogen and oxygen atoms in total. The monoisotopic (exact) mass is 231 g/mol. The highest BCUT2D eigenvalue weighted by atomic mass is 32.1. The van der Waals surface area contributed by atoms with Gasteiger partial charge in [0.05, 0.1) is 18.6 Å². The average Bonchev–Trinajstić information content (AvgIpc) is 2.70. The van der Waals surface area contributed by atoms with Crippen LogP contribution in [-0.2, 0) is 10.2 Å². The van der Waals surface area contributed by atoms with Gasteiger partial charge in [0.15, 0.2) is 0 Å². The first kappa shape index (κ1) is 9.87. The molecule has 1 aliphatic heterocycles. The van der Waals surface area contributed by atoms with E-state index in [0.717, 1.165) is 18.9 Å². The molecular weight excluding hydrogens is 218 g/mol. The molecule has 1 aliphatic rings. The maximum absolute atomic E-state index is 5.85. The normalized spacial score (nSPS) is 18.0. The fraction of sp³-hybridized carbons (Fsp3) is 0.231. The summed E-state index contributed by atoms with van der Waals surface area (Å²) in [5.41, 5.74) is 7.98. The van der Waals surface area contributed by atoms with Crippen molar-refractivity contribution in [3.05, 3.63) is 52.2 Å². The fourth-order valence-corrected chi connectivity index (χ4v) is 3.07. The third kappa shape index (κ3) is 1.36. The molecule has 0 aliphatic carbocycles. The molecule has 1 aromatic heterocycles. The van der Waals surface area contributed by atoms with E-state index in [2.05, 4.69) is 29.6 Å². The maximum atomic E-state index is 5.85. The van der Waals surface area contributed by atoms with Crippen LogP contribution in [0.3, 0.4) is 0 Å². The smallest absolute Gasteiger partial charge is 0.0763 e. The number of rotatable bonds is 2. The first-order valence-corrected chi connectivity index (χ1v) is 6.17. The lowest BCUT2D eigenvalue weighted by atomic mass is 9.77. The van der Waals surface area contributed by atoms with Crippen molar-refractivity contribution >= 4 is 17.0 Å². The molecule has 3 rings (SSSR count). The highest BCUT2D eigenvalue weighted by Gasteiger charge is 2.42. The highest BCUT2D eigenvalue weighted by molar-refractivity contribution is 7.10. The Morgan fingerprint density at radius 2 is 2.06 bits per heavy atom. The number of nitrogen functional groups attached to an aromatic ring is 1. The molecule has 1 fully saturated rings. The van der Waals surface area contributed by atoms with E-state index in [-0.39, 0.29) is 5.41 Å². The van der Waals surface area contributed by atoms with Gasteiger partial charge in [-0.25, -0.2) is 0 Å². The van der Waals surface area contributed by atoms with Gasteiger partial charge < -0.3 is 10.5 Å². The lowest BCUT2D eigenvalue weighted by Crippen LogP contribution is -2.47. The number of hydrogen-bond donors (Lipinski definition) is 1. The molecule has 82 valence electrons. The largest absolute Gasteiger partial charge is 0.399 e. The molecule has 0 spiro atoms. The zero-order chi connectivity index (χ0) is 11.0. The van der Waals surface area contributed by atoms with E-state index in [1.807, 2.05) is 12.1 Å². The Morgan fingerprint density at radius 1 is 1.19 bits per heavy atom. The van der Waals surface area contributed by atoms with Gasteiger partial charge in [0.1, 0.15) is 0 Å². The summed E-state index contributed by atoms with van der Waals surface area (Å²) >= 11 is 1.79. The van der Waals surface area contributed by atoms with Crippen LogP contribution in [0, 0.1) is 0 Å². The summed E-state index contributed by atoms with van der Waals surface area (Å²) in [6.07, 6.45) is 0. The minimum absolute atomic E-state index is 0.0452. The molecule has 0 bridgehead atoms. The number of anilines is 1. The minimum Gasteiger partial charge on any atom is -0.399 e. The van der Waals surface area contributed by atoms with Crippen molar-refractivity contribution in [3.8, 4) is 0 Å². The Labute approximate surface area is 98.7 Å². The predicted octanol–water partition coefficient (Wildman–Crippen LogP) is 2.65. The highest BCUT2D eigenvalue weighted by Crippen LogP contribution is 2.41. The SMILES string of the molecule is Nc1cccc(C2(c3cccs3)COC2)c1. The quantitative estimate of drug-likeness (QED) is 0.806. The molecule has 2 heterocycles. The van der Waals surface area contributed by atoms with Gasteiger partial charge in [-0.3, -0.25) is 0 Å². The first-order chi connectivity index (χ1) is 7.81. The summed E-state index contributed by atoms with van der Waals surface area (Å²) in [6, 6.07) is 12.4. The molecule has 1 saturated heterocycles. The van der Waals surface area contributed by atoms with Crippen molar-refractivity contribution in [1.29, 1.82) is 0 Å². The Hall–Kier alpha value is -1.32. The average molecular weight is 231 g/mol. The van der Waals surface area contributed by atoms with Gasteiger partial charge in [-0.05, 0) is 29.1 Å². The van der Waals surface area contributed by atoms with E-state index in [1.54, 1.807) is 11.3 Å². The van der Waals surface area contributed by atoms with Gasteiger partial charge >= 0.3 is 0 Å². The summed E-state index contributed by atoms with van der Waals surface area (Å²) in [6.45, 7) is 1.52. The van der Waals surface area contributed by atoms with E-state index in [0.29, 0.717) is 0 Å². The molecule has 0 saturated carbocycles. The van der Waals surface area contributed by atoms with Gasteiger partial charge in [-0.2, -0.15) is 0 Å². The molecule has 2 N–H and O–H groups in total. The maximum Gasteiger partial charge on any atom is 0.0763 e. The van der Waals surface area contributed by atoms with Crippen LogP contribution in [0.4, 0.5) is 5.69 Å². The predicted molar refractivity (Wildman–Crippen MR) is 66.8 cm³/mol. The molecular formula is C13H13NOS. The summed E-state index contributed by atoms with van der Waals surface area (Å²) in [4.78, 5) is 1.37. The second kappa shape index (κ2) is 3.61. The molecule has 0 unspecified atom stereocenters. The molecule has 16 heavy (non-hydrogen) atoms. The van der Waals surface area contributed by atoms with Crippen molar-refractivity contribution in [2.75, 3.05) is 18.9 Å². The second-order valence-electron chi connectivity index (χ2n) is 4.18. The number of benzene rings is 1. The third-order valence-corrected chi connectivity index (χ3v) is 4.20. The zero-order valence-electron chi connectivity index (χ0n) is 8.85. The lowest BCUT2D eigenvalue weighted by molar-refractivity contribution is -0.0362. The topological polar surface area (TPSA) is 35.2 Å². The van der Waals surface area contributed by atoms with Crippen LogP contribution in [0.2, 0.25) is 0 Å². The van der Waals surface area contributed by atoms with Crippen LogP contribution in [0.1, 0.15) is 10.4 Å². The molecule has 1 aromatic carbocycles. The Morgan fingerprint density at radius 3 is 2.62 bits per heavy atom. The van der Waals surface area contributed by atoms with E-state index in [9.17, 15) is 0 Å².